The molecule has 0 spiro atoms. The molecule has 0 atom stereocenters. The van der Waals surface area contributed by atoms with Crippen molar-refractivity contribution in [3.05, 3.63) is 29.3 Å². The van der Waals surface area contributed by atoms with Crippen LogP contribution in [0.25, 0.3) is 0 Å². The van der Waals surface area contributed by atoms with Gasteiger partial charge in [-0.25, -0.2) is 5.14 Å². The molecule has 0 saturated carbocycles. The first-order chi connectivity index (χ1) is 7.63. The zero-order valence-corrected chi connectivity index (χ0v) is 8.93. The molecule has 0 saturated heterocycles. The molecule has 9 heteroatoms. The van der Waals surface area contributed by atoms with E-state index in [-0.39, 0.29) is 5.69 Å². The van der Waals surface area contributed by atoms with Gasteiger partial charge in [-0.15, -0.1) is 0 Å². The largest absolute Gasteiger partial charge is 0.416 e. The van der Waals surface area contributed by atoms with Crippen LogP contribution in [0, 0.1) is 11.3 Å². The van der Waals surface area contributed by atoms with Crippen molar-refractivity contribution in [1.82, 2.24) is 0 Å². The molecular weight excluding hydrogens is 259 g/mol. The summed E-state index contributed by atoms with van der Waals surface area (Å²) in [5.74, 6) is 0. The van der Waals surface area contributed by atoms with Crippen LogP contribution in [0.1, 0.15) is 11.1 Å². The Labute approximate surface area is 94.8 Å². The maximum atomic E-state index is 12.3. The van der Waals surface area contributed by atoms with Gasteiger partial charge in [-0.05, 0) is 18.2 Å². The van der Waals surface area contributed by atoms with E-state index in [9.17, 15) is 21.6 Å². The number of nitriles is 1. The highest BCUT2D eigenvalue weighted by atomic mass is 32.2. The highest BCUT2D eigenvalue weighted by Crippen LogP contribution is 2.31. The van der Waals surface area contributed by atoms with Crippen LogP contribution < -0.4 is 9.86 Å². The lowest BCUT2D eigenvalue weighted by atomic mass is 10.1. The van der Waals surface area contributed by atoms with Crippen LogP contribution in [-0.4, -0.2) is 8.42 Å². The molecule has 0 aliphatic rings. The number of nitrogens with one attached hydrogen (secondary N) is 1. The van der Waals surface area contributed by atoms with Crippen molar-refractivity contribution in [3.63, 3.8) is 0 Å². The molecule has 0 radical (unpaired) electrons. The summed E-state index contributed by atoms with van der Waals surface area (Å²) >= 11 is 0. The summed E-state index contributed by atoms with van der Waals surface area (Å²) in [6.07, 6.45) is -4.61. The van der Waals surface area contributed by atoms with E-state index < -0.39 is 27.5 Å². The van der Waals surface area contributed by atoms with Gasteiger partial charge in [0.05, 0.1) is 16.8 Å². The van der Waals surface area contributed by atoms with E-state index in [4.69, 9.17) is 5.26 Å². The van der Waals surface area contributed by atoms with Gasteiger partial charge in [-0.1, -0.05) is 0 Å². The third-order valence-corrected chi connectivity index (χ3v) is 2.22. The van der Waals surface area contributed by atoms with Gasteiger partial charge < -0.3 is 0 Å². The average Bonchev–Trinajstić information content (AvgIpc) is 2.14. The van der Waals surface area contributed by atoms with E-state index in [0.29, 0.717) is 12.1 Å². The fourth-order valence-corrected chi connectivity index (χ4v) is 1.54. The van der Waals surface area contributed by atoms with Gasteiger partial charge in [0.15, 0.2) is 0 Å². The molecule has 0 amide bonds. The minimum absolute atomic E-state index is 0.303. The topological polar surface area (TPSA) is 96.0 Å². The van der Waals surface area contributed by atoms with Crippen LogP contribution in [-0.2, 0) is 16.4 Å². The second kappa shape index (κ2) is 4.23. The molecular formula is C8H6F3N3O2S. The Morgan fingerprint density at radius 2 is 1.94 bits per heavy atom. The lowest BCUT2D eigenvalue weighted by Crippen LogP contribution is -2.22. The molecule has 1 aromatic rings. The van der Waals surface area contributed by atoms with Crippen molar-refractivity contribution in [1.29, 1.82) is 5.26 Å². The molecule has 1 rings (SSSR count). The summed E-state index contributed by atoms with van der Waals surface area (Å²) in [6, 6.07) is 3.46. The Balaban J connectivity index is 3.26. The Bertz CT molecular complexity index is 575. The van der Waals surface area contributed by atoms with Crippen molar-refractivity contribution in [2.75, 3.05) is 4.72 Å². The van der Waals surface area contributed by atoms with Gasteiger partial charge in [0, 0.05) is 0 Å². The Morgan fingerprint density at radius 3 is 2.35 bits per heavy atom. The number of anilines is 1. The average molecular weight is 265 g/mol. The minimum atomic E-state index is -4.61. The maximum absolute atomic E-state index is 12.3. The summed E-state index contributed by atoms with van der Waals surface area (Å²) in [6.45, 7) is 0. The van der Waals surface area contributed by atoms with Gasteiger partial charge in [-0.3, -0.25) is 4.72 Å². The van der Waals surface area contributed by atoms with Gasteiger partial charge in [0.1, 0.15) is 6.07 Å². The van der Waals surface area contributed by atoms with Crippen molar-refractivity contribution in [3.8, 4) is 6.07 Å². The third-order valence-electron chi connectivity index (χ3n) is 1.72. The first-order valence-corrected chi connectivity index (χ1v) is 5.60. The van der Waals surface area contributed by atoms with Gasteiger partial charge in [0.2, 0.25) is 0 Å². The van der Waals surface area contributed by atoms with E-state index in [0.717, 1.165) is 6.07 Å². The zero-order chi connectivity index (χ0) is 13.3. The predicted molar refractivity (Wildman–Crippen MR) is 52.9 cm³/mol. The second-order valence-corrected chi connectivity index (χ2v) is 4.31. The van der Waals surface area contributed by atoms with Crippen molar-refractivity contribution in [2.24, 2.45) is 5.14 Å². The molecule has 0 aliphatic heterocycles. The molecule has 5 nitrogen and oxygen atoms in total. The third kappa shape index (κ3) is 3.61. The van der Waals surface area contributed by atoms with Crippen LogP contribution in [0.4, 0.5) is 18.9 Å². The van der Waals surface area contributed by atoms with Crippen LogP contribution >= 0.6 is 0 Å². The van der Waals surface area contributed by atoms with E-state index >= 15 is 0 Å². The molecule has 0 fully saturated rings. The molecule has 0 bridgehead atoms. The number of alkyl halides is 3. The smallest absolute Gasteiger partial charge is 0.270 e. The number of benzene rings is 1. The molecule has 1 aromatic carbocycles. The van der Waals surface area contributed by atoms with Crippen molar-refractivity contribution in [2.45, 2.75) is 6.18 Å². The lowest BCUT2D eigenvalue weighted by molar-refractivity contribution is -0.137. The van der Waals surface area contributed by atoms with Crippen LogP contribution in [0.5, 0.6) is 0 Å². The summed E-state index contributed by atoms with van der Waals surface area (Å²) in [5, 5.41) is 13.3. The molecule has 0 aromatic heterocycles. The van der Waals surface area contributed by atoms with Gasteiger partial charge in [-0.2, -0.15) is 26.9 Å². The normalized spacial score (nSPS) is 11.9. The monoisotopic (exact) mass is 265 g/mol. The van der Waals surface area contributed by atoms with E-state index in [1.54, 1.807) is 4.72 Å². The van der Waals surface area contributed by atoms with E-state index in [2.05, 4.69) is 5.14 Å². The van der Waals surface area contributed by atoms with E-state index in [1.807, 2.05) is 0 Å². The number of nitrogens with zero attached hydrogens (tertiary/aromatic N) is 1. The first-order valence-electron chi connectivity index (χ1n) is 4.05. The SMILES string of the molecule is N#Cc1cc(C(F)(F)F)ccc1NS(N)(=O)=O. The molecule has 92 valence electrons. The number of rotatable bonds is 2. The second-order valence-electron chi connectivity index (χ2n) is 3.02. The van der Waals surface area contributed by atoms with Gasteiger partial charge >= 0.3 is 6.18 Å². The summed E-state index contributed by atoms with van der Waals surface area (Å²) in [7, 11) is -4.14. The molecule has 0 heterocycles. The highest BCUT2D eigenvalue weighted by molar-refractivity contribution is 7.90. The predicted octanol–water partition coefficient (Wildman–Crippen LogP) is 1.19. The number of hydrogen-bond acceptors (Lipinski definition) is 3. The van der Waals surface area contributed by atoms with Crippen molar-refractivity contribution < 1.29 is 21.6 Å². The number of halogens is 3. The Hall–Kier alpha value is -1.79. The van der Waals surface area contributed by atoms with Crippen LogP contribution in [0.2, 0.25) is 0 Å². The lowest BCUT2D eigenvalue weighted by Gasteiger charge is -2.10. The molecule has 0 aliphatic carbocycles. The van der Waals surface area contributed by atoms with Crippen LogP contribution in [0.3, 0.4) is 0 Å². The molecule has 3 N–H and O–H groups in total. The standard InChI is InChI=1S/C8H6F3N3O2S/c9-8(10,11)6-1-2-7(5(3-6)4-12)14-17(13,15)16/h1-3,14H,(H2,13,15,16). The fraction of sp³-hybridized carbons (Fsp3) is 0.125. The minimum Gasteiger partial charge on any atom is -0.270 e. The summed E-state index contributed by atoms with van der Waals surface area (Å²) < 4.78 is 60.0. The van der Waals surface area contributed by atoms with Crippen molar-refractivity contribution >= 4 is 15.9 Å². The summed E-state index contributed by atoms with van der Waals surface area (Å²) in [5.41, 5.74) is -1.81. The zero-order valence-electron chi connectivity index (χ0n) is 8.12. The van der Waals surface area contributed by atoms with E-state index in [1.165, 1.54) is 6.07 Å². The Kier molecular flexibility index (Phi) is 3.30. The highest BCUT2D eigenvalue weighted by Gasteiger charge is 2.31. The van der Waals surface area contributed by atoms with Crippen LogP contribution in [0.15, 0.2) is 18.2 Å². The maximum Gasteiger partial charge on any atom is 0.416 e. The number of nitrogens with two attached hydrogens (primary N) is 1. The quantitative estimate of drug-likeness (QED) is 0.840. The first kappa shape index (κ1) is 13.3. The molecule has 17 heavy (non-hydrogen) atoms. The molecule has 0 unspecified atom stereocenters. The Morgan fingerprint density at radius 1 is 1.35 bits per heavy atom. The fourth-order valence-electron chi connectivity index (χ4n) is 1.06. The van der Waals surface area contributed by atoms with Gasteiger partial charge in [0.25, 0.3) is 10.2 Å². The summed E-state index contributed by atoms with van der Waals surface area (Å²) in [4.78, 5) is 0. The number of hydrogen-bond donors (Lipinski definition) is 2.